The maximum Gasteiger partial charge on any atom is 0.0334 e. The molecule has 3 nitrogen and oxygen atoms in total. The smallest absolute Gasteiger partial charge is 0.0334 e. The van der Waals surface area contributed by atoms with Crippen LogP contribution in [0.15, 0.2) is 54.9 Å². The van der Waals surface area contributed by atoms with Crippen molar-refractivity contribution < 1.29 is 0 Å². The van der Waals surface area contributed by atoms with E-state index in [4.69, 9.17) is 11.5 Å². The van der Waals surface area contributed by atoms with Gasteiger partial charge in [-0.2, -0.15) is 0 Å². The van der Waals surface area contributed by atoms with E-state index in [1.165, 1.54) is 0 Å². The Morgan fingerprint density at radius 1 is 0.786 bits per heavy atom. The highest BCUT2D eigenvalue weighted by molar-refractivity contribution is 5.50. The van der Waals surface area contributed by atoms with Crippen LogP contribution in [0, 0.1) is 0 Å². The number of benzene rings is 1. The predicted octanol–water partition coefficient (Wildman–Crippen LogP) is 1.93. The molecular formula is C11H13N3. The molecule has 1 aromatic heterocycles. The van der Waals surface area contributed by atoms with Crippen molar-refractivity contribution in [1.82, 2.24) is 4.98 Å². The number of nitrogens with zero attached hydrogens (tertiary/aromatic N) is 1. The Morgan fingerprint density at radius 3 is 1.57 bits per heavy atom. The van der Waals surface area contributed by atoms with Gasteiger partial charge in [-0.25, -0.2) is 0 Å². The van der Waals surface area contributed by atoms with E-state index >= 15 is 0 Å². The number of nitrogens with two attached hydrogens (primary N) is 2. The second-order valence-electron chi connectivity index (χ2n) is 2.69. The van der Waals surface area contributed by atoms with Crippen LogP contribution in [0.3, 0.4) is 0 Å². The van der Waals surface area contributed by atoms with Crippen molar-refractivity contribution in [3.05, 3.63) is 54.9 Å². The summed E-state index contributed by atoms with van der Waals surface area (Å²) in [6, 6.07) is 12.9. The van der Waals surface area contributed by atoms with Crippen molar-refractivity contribution in [3.8, 4) is 0 Å². The average Bonchev–Trinajstić information content (AvgIpc) is 2.21. The third kappa shape index (κ3) is 4.11. The van der Waals surface area contributed by atoms with E-state index in [0.717, 1.165) is 0 Å². The number of rotatable bonds is 0. The lowest BCUT2D eigenvalue weighted by Gasteiger charge is -1.91. The molecule has 0 fully saturated rings. The zero-order chi connectivity index (χ0) is 10.2. The van der Waals surface area contributed by atoms with E-state index in [2.05, 4.69) is 4.98 Å². The van der Waals surface area contributed by atoms with Gasteiger partial charge in [0.25, 0.3) is 0 Å². The highest BCUT2D eigenvalue weighted by Crippen LogP contribution is 2.06. The number of hydrogen-bond acceptors (Lipinski definition) is 3. The van der Waals surface area contributed by atoms with Gasteiger partial charge < -0.3 is 11.5 Å². The molecule has 1 aromatic carbocycles. The summed E-state index contributed by atoms with van der Waals surface area (Å²) in [4.78, 5) is 3.78. The molecule has 0 atom stereocenters. The summed E-state index contributed by atoms with van der Waals surface area (Å²) in [6.45, 7) is 0. The van der Waals surface area contributed by atoms with Gasteiger partial charge in [0.15, 0.2) is 0 Å². The normalized spacial score (nSPS) is 8.57. The summed E-state index contributed by atoms with van der Waals surface area (Å²) in [5.41, 5.74) is 12.2. The molecule has 0 spiro atoms. The van der Waals surface area contributed by atoms with Crippen LogP contribution in [-0.2, 0) is 0 Å². The maximum absolute atomic E-state index is 5.38. The van der Waals surface area contributed by atoms with Crippen LogP contribution in [0.4, 0.5) is 11.4 Å². The lowest BCUT2D eigenvalue weighted by atomic mass is 10.3. The summed E-state index contributed by atoms with van der Waals surface area (Å²) in [7, 11) is 0. The van der Waals surface area contributed by atoms with Gasteiger partial charge in [0.1, 0.15) is 0 Å². The van der Waals surface area contributed by atoms with Crippen LogP contribution in [0.25, 0.3) is 0 Å². The first-order valence-corrected chi connectivity index (χ1v) is 4.25. The highest BCUT2D eigenvalue weighted by atomic mass is 14.6. The number of pyridine rings is 1. The largest absolute Gasteiger partial charge is 0.399 e. The molecule has 2 aromatic rings. The number of aromatic nitrogens is 1. The molecule has 0 bridgehead atoms. The lowest BCUT2D eigenvalue weighted by Crippen LogP contribution is -1.87. The van der Waals surface area contributed by atoms with E-state index in [0.29, 0.717) is 11.4 Å². The topological polar surface area (TPSA) is 64.9 Å². The van der Waals surface area contributed by atoms with Crippen LogP contribution in [-0.4, -0.2) is 4.98 Å². The Morgan fingerprint density at radius 2 is 1.36 bits per heavy atom. The third-order valence-electron chi connectivity index (χ3n) is 1.48. The van der Waals surface area contributed by atoms with E-state index in [1.54, 1.807) is 30.6 Å². The van der Waals surface area contributed by atoms with Crippen LogP contribution < -0.4 is 11.5 Å². The monoisotopic (exact) mass is 187 g/mol. The Labute approximate surface area is 83.4 Å². The first-order valence-electron chi connectivity index (χ1n) is 4.25. The molecule has 0 unspecified atom stereocenters. The Hall–Kier alpha value is -2.03. The Kier molecular flexibility index (Phi) is 4.01. The minimum absolute atomic E-state index is 0.713. The molecule has 0 saturated heterocycles. The maximum atomic E-state index is 5.38. The molecule has 0 aliphatic rings. The van der Waals surface area contributed by atoms with Gasteiger partial charge in [-0.05, 0) is 30.3 Å². The molecule has 0 amide bonds. The Bertz CT molecular complexity index is 316. The van der Waals surface area contributed by atoms with Crippen molar-refractivity contribution in [2.75, 3.05) is 11.5 Å². The third-order valence-corrected chi connectivity index (χ3v) is 1.48. The molecule has 0 aliphatic carbocycles. The van der Waals surface area contributed by atoms with Crippen molar-refractivity contribution >= 4 is 11.4 Å². The molecule has 4 N–H and O–H groups in total. The summed E-state index contributed by atoms with van der Waals surface area (Å²) in [5.74, 6) is 0. The van der Waals surface area contributed by atoms with Gasteiger partial charge in [0.2, 0.25) is 0 Å². The zero-order valence-electron chi connectivity index (χ0n) is 7.80. The minimum Gasteiger partial charge on any atom is -0.399 e. The fraction of sp³-hybridized carbons (Fsp3) is 0. The summed E-state index contributed by atoms with van der Waals surface area (Å²) in [5, 5.41) is 0. The van der Waals surface area contributed by atoms with Crippen LogP contribution >= 0.6 is 0 Å². The van der Waals surface area contributed by atoms with Gasteiger partial charge in [0, 0.05) is 23.8 Å². The van der Waals surface area contributed by atoms with Gasteiger partial charge in [-0.1, -0.05) is 12.1 Å². The average molecular weight is 187 g/mol. The molecule has 14 heavy (non-hydrogen) atoms. The first-order chi connectivity index (χ1) is 6.79. The van der Waals surface area contributed by atoms with Crippen LogP contribution in [0.5, 0.6) is 0 Å². The molecule has 3 heteroatoms. The fourth-order valence-electron chi connectivity index (χ4n) is 0.872. The first kappa shape index (κ1) is 10.1. The number of nitrogen functional groups attached to an aromatic ring is 2. The van der Waals surface area contributed by atoms with Gasteiger partial charge in [-0.3, -0.25) is 4.98 Å². The quantitative estimate of drug-likeness (QED) is 0.619. The van der Waals surface area contributed by atoms with Crippen molar-refractivity contribution in [2.45, 2.75) is 0 Å². The second-order valence-corrected chi connectivity index (χ2v) is 2.69. The molecule has 0 aliphatic heterocycles. The minimum atomic E-state index is 0.713. The van der Waals surface area contributed by atoms with Gasteiger partial charge in [-0.15, -0.1) is 0 Å². The van der Waals surface area contributed by atoms with Crippen molar-refractivity contribution in [2.24, 2.45) is 0 Å². The second kappa shape index (κ2) is 5.59. The highest BCUT2D eigenvalue weighted by Gasteiger charge is 1.81. The summed E-state index contributed by atoms with van der Waals surface area (Å²) in [6.07, 6.45) is 3.50. The molecule has 1 heterocycles. The van der Waals surface area contributed by atoms with E-state index in [1.807, 2.05) is 24.3 Å². The number of anilines is 2. The van der Waals surface area contributed by atoms with Crippen molar-refractivity contribution in [1.29, 1.82) is 0 Å². The van der Waals surface area contributed by atoms with E-state index in [-0.39, 0.29) is 0 Å². The summed E-state index contributed by atoms with van der Waals surface area (Å²) >= 11 is 0. The van der Waals surface area contributed by atoms with Gasteiger partial charge >= 0.3 is 0 Å². The molecule has 0 radical (unpaired) electrons. The molecule has 72 valence electrons. The zero-order valence-corrected chi connectivity index (χ0v) is 7.80. The van der Waals surface area contributed by atoms with Crippen LogP contribution in [0.2, 0.25) is 0 Å². The predicted molar refractivity (Wildman–Crippen MR) is 59.5 cm³/mol. The SMILES string of the molecule is Nc1cccc(N)c1.c1ccncc1. The van der Waals surface area contributed by atoms with Gasteiger partial charge in [0.05, 0.1) is 0 Å². The van der Waals surface area contributed by atoms with E-state index < -0.39 is 0 Å². The molecular weight excluding hydrogens is 174 g/mol. The summed E-state index contributed by atoms with van der Waals surface area (Å²) < 4.78 is 0. The fourth-order valence-corrected chi connectivity index (χ4v) is 0.872. The standard InChI is InChI=1S/C6H8N2.C5H5N/c7-5-2-1-3-6(8)4-5;1-2-4-6-5-3-1/h1-4H,7-8H2;1-5H. The molecule has 2 rings (SSSR count). The molecule has 0 saturated carbocycles. The lowest BCUT2D eigenvalue weighted by molar-refractivity contribution is 1.33. The van der Waals surface area contributed by atoms with Crippen molar-refractivity contribution in [3.63, 3.8) is 0 Å². The van der Waals surface area contributed by atoms with E-state index in [9.17, 15) is 0 Å². The number of hydrogen-bond donors (Lipinski definition) is 2. The Balaban J connectivity index is 0.000000146. The van der Waals surface area contributed by atoms with Crippen LogP contribution in [0.1, 0.15) is 0 Å².